The van der Waals surface area contributed by atoms with E-state index < -0.39 is 27.9 Å². The Morgan fingerprint density at radius 2 is 2.00 bits per heavy atom. The van der Waals surface area contributed by atoms with Crippen molar-refractivity contribution in [1.29, 1.82) is 0 Å². The third-order valence-corrected chi connectivity index (χ3v) is 2.76. The summed E-state index contributed by atoms with van der Waals surface area (Å²) in [6.07, 6.45) is -0.216. The molecule has 0 N–H and O–H groups in total. The van der Waals surface area contributed by atoms with E-state index in [0.29, 0.717) is 5.57 Å². The van der Waals surface area contributed by atoms with Gasteiger partial charge < -0.3 is 9.64 Å². The first-order valence-electron chi connectivity index (χ1n) is 5.52. The number of likely N-dealkylation sites (tertiary alicyclic amines) is 1. The first-order valence-corrected chi connectivity index (χ1v) is 7.33. The highest BCUT2D eigenvalue weighted by molar-refractivity contribution is 7.86. The van der Waals surface area contributed by atoms with Crippen LogP contribution in [0.4, 0.5) is 4.79 Å². The zero-order chi connectivity index (χ0) is 14.1. The fourth-order valence-corrected chi connectivity index (χ4v) is 2.13. The van der Waals surface area contributed by atoms with Gasteiger partial charge in [-0.25, -0.2) is 4.79 Å². The van der Waals surface area contributed by atoms with Crippen LogP contribution in [0.5, 0.6) is 0 Å². The summed E-state index contributed by atoms with van der Waals surface area (Å²) < 4.78 is 32.1. The number of carbonyl (C=O) groups is 1. The fourth-order valence-electron chi connectivity index (χ4n) is 1.52. The summed E-state index contributed by atoms with van der Waals surface area (Å²) in [6.45, 7) is 9.39. The Bertz CT molecular complexity index is 449. The molecular formula is C11H19NO5S. The molecule has 1 heterocycles. The molecule has 0 bridgehead atoms. The molecule has 1 saturated heterocycles. The van der Waals surface area contributed by atoms with Crippen LogP contribution in [-0.2, 0) is 19.0 Å². The smallest absolute Gasteiger partial charge is 0.410 e. The normalized spacial score (nSPS) is 21.2. The number of amides is 1. The summed E-state index contributed by atoms with van der Waals surface area (Å²) >= 11 is 0. The minimum Gasteiger partial charge on any atom is -0.444 e. The Hall–Kier alpha value is -1.08. The van der Waals surface area contributed by atoms with E-state index in [1.165, 1.54) is 4.90 Å². The van der Waals surface area contributed by atoms with Gasteiger partial charge in [-0.15, -0.1) is 0 Å². The molecule has 0 saturated carbocycles. The largest absolute Gasteiger partial charge is 0.444 e. The molecule has 1 fully saturated rings. The quantitative estimate of drug-likeness (QED) is 0.559. The number of rotatable bonds is 2. The van der Waals surface area contributed by atoms with Gasteiger partial charge in [0.25, 0.3) is 10.1 Å². The molecule has 1 amide bonds. The Morgan fingerprint density at radius 3 is 2.44 bits per heavy atom. The van der Waals surface area contributed by atoms with Crippen LogP contribution in [0.2, 0.25) is 0 Å². The number of nitrogens with zero attached hydrogens (tertiary/aromatic N) is 1. The molecule has 1 aliphatic rings. The Morgan fingerprint density at radius 1 is 1.44 bits per heavy atom. The van der Waals surface area contributed by atoms with Crippen molar-refractivity contribution in [2.45, 2.75) is 32.5 Å². The maximum Gasteiger partial charge on any atom is 0.410 e. The lowest BCUT2D eigenvalue weighted by Crippen LogP contribution is -2.36. The first-order chi connectivity index (χ1) is 7.98. The van der Waals surface area contributed by atoms with Crippen molar-refractivity contribution in [3.8, 4) is 0 Å². The fraction of sp³-hybridized carbons (Fsp3) is 0.727. The average molecular weight is 277 g/mol. The summed E-state index contributed by atoms with van der Waals surface area (Å²) in [5, 5.41) is 0. The number of ether oxygens (including phenoxy) is 1. The summed E-state index contributed by atoms with van der Waals surface area (Å²) in [4.78, 5) is 13.2. The van der Waals surface area contributed by atoms with E-state index >= 15 is 0 Å². The molecule has 0 spiro atoms. The standard InChI is InChI=1S/C11H19NO5S/c1-8-6-12(10(13)16-11(2,3)4)7-9(8)17-18(5,14)15/h9H,1,6-7H2,2-5H3/t9-/m1/s1. The molecule has 18 heavy (non-hydrogen) atoms. The second-order valence-electron chi connectivity index (χ2n) is 5.31. The Balaban J connectivity index is 2.64. The van der Waals surface area contributed by atoms with Gasteiger partial charge in [0.2, 0.25) is 0 Å². The predicted molar refractivity (Wildman–Crippen MR) is 66.7 cm³/mol. The van der Waals surface area contributed by atoms with Crippen molar-refractivity contribution >= 4 is 16.2 Å². The van der Waals surface area contributed by atoms with Crippen molar-refractivity contribution in [1.82, 2.24) is 4.90 Å². The molecule has 0 aliphatic carbocycles. The summed E-state index contributed by atoms with van der Waals surface area (Å²) in [5.74, 6) is 0. The molecule has 7 heteroatoms. The van der Waals surface area contributed by atoms with Crippen LogP contribution in [0.1, 0.15) is 20.8 Å². The summed E-state index contributed by atoms with van der Waals surface area (Å²) in [7, 11) is -3.56. The van der Waals surface area contributed by atoms with Crippen LogP contribution in [0.25, 0.3) is 0 Å². The molecule has 0 aromatic carbocycles. The van der Waals surface area contributed by atoms with Crippen molar-refractivity contribution in [3.63, 3.8) is 0 Å². The van der Waals surface area contributed by atoms with E-state index in [9.17, 15) is 13.2 Å². The topological polar surface area (TPSA) is 72.9 Å². The predicted octanol–water partition coefficient (Wildman–Crippen LogP) is 1.14. The molecule has 0 unspecified atom stereocenters. The molecular weight excluding hydrogens is 258 g/mol. The highest BCUT2D eigenvalue weighted by Gasteiger charge is 2.34. The number of hydrogen-bond donors (Lipinski definition) is 0. The molecule has 0 aromatic heterocycles. The van der Waals surface area contributed by atoms with Crippen molar-refractivity contribution in [3.05, 3.63) is 12.2 Å². The van der Waals surface area contributed by atoms with E-state index in [1.807, 2.05) is 0 Å². The molecule has 104 valence electrons. The van der Waals surface area contributed by atoms with Gasteiger partial charge in [0, 0.05) is 6.54 Å². The van der Waals surface area contributed by atoms with Crippen LogP contribution in [-0.4, -0.2) is 50.5 Å². The van der Waals surface area contributed by atoms with Crippen LogP contribution < -0.4 is 0 Å². The molecule has 0 radical (unpaired) electrons. The molecule has 0 aromatic rings. The second-order valence-corrected chi connectivity index (χ2v) is 6.91. The van der Waals surface area contributed by atoms with Gasteiger partial charge in [-0.3, -0.25) is 4.18 Å². The molecule has 1 atom stereocenters. The monoisotopic (exact) mass is 277 g/mol. The minimum absolute atomic E-state index is 0.140. The second kappa shape index (κ2) is 4.89. The Kier molecular flexibility index (Phi) is 4.07. The van der Waals surface area contributed by atoms with Gasteiger partial charge in [-0.2, -0.15) is 8.42 Å². The van der Waals surface area contributed by atoms with Crippen molar-refractivity contribution in [2.24, 2.45) is 0 Å². The number of hydrogen-bond acceptors (Lipinski definition) is 5. The highest BCUT2D eigenvalue weighted by atomic mass is 32.2. The highest BCUT2D eigenvalue weighted by Crippen LogP contribution is 2.21. The zero-order valence-corrected chi connectivity index (χ0v) is 11.9. The summed E-state index contributed by atoms with van der Waals surface area (Å²) in [6, 6.07) is 0. The maximum atomic E-state index is 11.8. The van der Waals surface area contributed by atoms with E-state index in [-0.39, 0.29) is 13.1 Å². The van der Waals surface area contributed by atoms with Crippen LogP contribution in [0.15, 0.2) is 12.2 Å². The average Bonchev–Trinajstić information content (AvgIpc) is 2.42. The van der Waals surface area contributed by atoms with Gasteiger partial charge in [-0.05, 0) is 26.3 Å². The van der Waals surface area contributed by atoms with Crippen LogP contribution in [0, 0.1) is 0 Å². The van der Waals surface area contributed by atoms with E-state index in [1.54, 1.807) is 20.8 Å². The zero-order valence-electron chi connectivity index (χ0n) is 11.1. The van der Waals surface area contributed by atoms with Crippen molar-refractivity contribution < 1.29 is 22.1 Å². The van der Waals surface area contributed by atoms with Crippen LogP contribution in [0.3, 0.4) is 0 Å². The minimum atomic E-state index is -3.56. The first kappa shape index (κ1) is 15.0. The van der Waals surface area contributed by atoms with Gasteiger partial charge in [0.1, 0.15) is 11.7 Å². The van der Waals surface area contributed by atoms with E-state index in [0.717, 1.165) is 6.26 Å². The maximum absolute atomic E-state index is 11.8. The van der Waals surface area contributed by atoms with Gasteiger partial charge in [0.05, 0.1) is 12.8 Å². The molecule has 1 rings (SSSR count). The van der Waals surface area contributed by atoms with E-state index in [2.05, 4.69) is 6.58 Å². The lowest BCUT2D eigenvalue weighted by Gasteiger charge is -2.24. The third-order valence-electron chi connectivity index (χ3n) is 2.18. The molecule has 1 aliphatic heterocycles. The van der Waals surface area contributed by atoms with Gasteiger partial charge in [0.15, 0.2) is 0 Å². The summed E-state index contributed by atoms with van der Waals surface area (Å²) in [5.41, 5.74) is -0.0416. The Labute approximate surface area is 108 Å². The van der Waals surface area contributed by atoms with Gasteiger partial charge in [-0.1, -0.05) is 6.58 Å². The SMILES string of the molecule is C=C1CN(C(=O)OC(C)(C)C)C[C@H]1OS(C)(=O)=O. The lowest BCUT2D eigenvalue weighted by molar-refractivity contribution is 0.0277. The number of carbonyl (C=O) groups excluding carboxylic acids is 1. The van der Waals surface area contributed by atoms with E-state index in [4.69, 9.17) is 8.92 Å². The van der Waals surface area contributed by atoms with Crippen LogP contribution >= 0.6 is 0 Å². The lowest BCUT2D eigenvalue weighted by atomic mass is 10.2. The van der Waals surface area contributed by atoms with Gasteiger partial charge >= 0.3 is 6.09 Å². The third kappa shape index (κ3) is 4.66. The van der Waals surface area contributed by atoms with Crippen molar-refractivity contribution in [2.75, 3.05) is 19.3 Å². The molecule has 6 nitrogen and oxygen atoms in total.